The summed E-state index contributed by atoms with van der Waals surface area (Å²) in [5, 5.41) is 3.19. The average Bonchev–Trinajstić information content (AvgIpc) is 2.86. The van der Waals surface area contributed by atoms with Crippen LogP contribution >= 0.6 is 0 Å². The van der Waals surface area contributed by atoms with Crippen molar-refractivity contribution in [1.82, 2.24) is 15.3 Å². The topological polar surface area (TPSA) is 40.7 Å². The molecule has 1 fully saturated rings. The number of nitrogens with one attached hydrogen (secondary N) is 2. The van der Waals surface area contributed by atoms with E-state index in [1.807, 2.05) is 0 Å². The molecule has 2 heterocycles. The van der Waals surface area contributed by atoms with Crippen LogP contribution in [-0.2, 0) is 19.0 Å². The molecule has 0 amide bonds. The van der Waals surface area contributed by atoms with Crippen LogP contribution in [0.2, 0.25) is 0 Å². The minimum absolute atomic E-state index is 0.193. The van der Waals surface area contributed by atoms with Crippen LogP contribution in [0.4, 0.5) is 13.2 Å². The van der Waals surface area contributed by atoms with E-state index in [0.29, 0.717) is 24.6 Å². The smallest absolute Gasteiger partial charge is 0.345 e. The molecule has 2 N–H and O–H groups in total. The predicted molar refractivity (Wildman–Crippen MR) is 57.6 cm³/mol. The van der Waals surface area contributed by atoms with Crippen molar-refractivity contribution in [1.29, 1.82) is 0 Å². The van der Waals surface area contributed by atoms with Gasteiger partial charge >= 0.3 is 6.18 Å². The summed E-state index contributed by atoms with van der Waals surface area (Å²) >= 11 is 0. The van der Waals surface area contributed by atoms with E-state index >= 15 is 0 Å². The van der Waals surface area contributed by atoms with E-state index in [9.17, 15) is 13.2 Å². The molecule has 0 bridgehead atoms. The summed E-state index contributed by atoms with van der Waals surface area (Å²) in [4.78, 5) is 6.51. The Balaban J connectivity index is 2.15. The minimum atomic E-state index is -4.35. The standard InChI is InChI=1S/C11H16F3N3/c1-2-8-10(11(12,13)14)17-9(16-8)5-7-3-4-15-6-7/h7,15H,2-6H2,1H3,(H,16,17). The molecule has 2 rings (SSSR count). The summed E-state index contributed by atoms with van der Waals surface area (Å²) in [6.07, 6.45) is -2.43. The minimum Gasteiger partial charge on any atom is -0.345 e. The van der Waals surface area contributed by atoms with Crippen LogP contribution in [0.5, 0.6) is 0 Å². The van der Waals surface area contributed by atoms with Gasteiger partial charge in [0.1, 0.15) is 5.82 Å². The second kappa shape index (κ2) is 4.68. The number of alkyl halides is 3. The highest BCUT2D eigenvalue weighted by Gasteiger charge is 2.36. The van der Waals surface area contributed by atoms with Crippen LogP contribution in [0, 0.1) is 5.92 Å². The Hall–Kier alpha value is -1.04. The van der Waals surface area contributed by atoms with Crippen molar-refractivity contribution < 1.29 is 13.2 Å². The largest absolute Gasteiger partial charge is 0.435 e. The molecule has 1 aromatic rings. The maximum absolute atomic E-state index is 12.7. The van der Waals surface area contributed by atoms with E-state index < -0.39 is 11.9 Å². The quantitative estimate of drug-likeness (QED) is 0.859. The van der Waals surface area contributed by atoms with Gasteiger partial charge in [-0.15, -0.1) is 0 Å². The molecule has 0 radical (unpaired) electrons. The molecule has 1 unspecified atom stereocenters. The first-order valence-corrected chi connectivity index (χ1v) is 5.86. The molecule has 96 valence electrons. The maximum atomic E-state index is 12.7. The third kappa shape index (κ3) is 2.80. The zero-order valence-corrected chi connectivity index (χ0v) is 9.69. The zero-order chi connectivity index (χ0) is 12.5. The molecule has 17 heavy (non-hydrogen) atoms. The van der Waals surface area contributed by atoms with Crippen LogP contribution in [-0.4, -0.2) is 23.1 Å². The van der Waals surface area contributed by atoms with Gasteiger partial charge in [0.2, 0.25) is 0 Å². The van der Waals surface area contributed by atoms with Gasteiger partial charge in [0.25, 0.3) is 0 Å². The third-order valence-electron chi connectivity index (χ3n) is 3.09. The third-order valence-corrected chi connectivity index (χ3v) is 3.09. The van der Waals surface area contributed by atoms with E-state index in [1.54, 1.807) is 6.92 Å². The number of rotatable bonds is 3. The van der Waals surface area contributed by atoms with Crippen molar-refractivity contribution in [3.8, 4) is 0 Å². The summed E-state index contributed by atoms with van der Waals surface area (Å²) in [5.74, 6) is 0.856. The fourth-order valence-corrected chi connectivity index (χ4v) is 2.21. The number of hydrogen-bond donors (Lipinski definition) is 2. The Morgan fingerprint density at radius 2 is 2.18 bits per heavy atom. The molecule has 1 atom stereocenters. The van der Waals surface area contributed by atoms with Crippen LogP contribution in [0.3, 0.4) is 0 Å². The van der Waals surface area contributed by atoms with Gasteiger partial charge in [0.05, 0.1) is 0 Å². The maximum Gasteiger partial charge on any atom is 0.435 e. The normalized spacial score (nSPS) is 21.1. The van der Waals surface area contributed by atoms with Crippen molar-refractivity contribution in [2.45, 2.75) is 32.4 Å². The van der Waals surface area contributed by atoms with Gasteiger partial charge in [0, 0.05) is 12.1 Å². The molecule has 1 aliphatic rings. The second-order valence-corrected chi connectivity index (χ2v) is 4.42. The Morgan fingerprint density at radius 3 is 2.65 bits per heavy atom. The summed E-state index contributed by atoms with van der Waals surface area (Å²) in [6.45, 7) is 3.51. The first-order chi connectivity index (χ1) is 8.00. The fraction of sp³-hybridized carbons (Fsp3) is 0.727. The molecule has 0 saturated carbocycles. The number of aryl methyl sites for hydroxylation is 1. The summed E-state index contributed by atoms with van der Waals surface area (Å²) in [6, 6.07) is 0. The number of nitrogens with zero attached hydrogens (tertiary/aromatic N) is 1. The number of hydrogen-bond acceptors (Lipinski definition) is 2. The molecule has 3 nitrogen and oxygen atoms in total. The SMILES string of the molecule is CCc1[nH]c(CC2CCNC2)nc1C(F)(F)F. The van der Waals surface area contributed by atoms with Crippen LogP contribution in [0.1, 0.15) is 30.6 Å². The van der Waals surface area contributed by atoms with Crippen LogP contribution < -0.4 is 5.32 Å². The Bertz CT molecular complexity index is 378. The Morgan fingerprint density at radius 1 is 1.41 bits per heavy atom. The molecule has 0 aromatic carbocycles. The van der Waals surface area contributed by atoms with E-state index in [0.717, 1.165) is 19.5 Å². The fourth-order valence-electron chi connectivity index (χ4n) is 2.21. The van der Waals surface area contributed by atoms with Gasteiger partial charge in [-0.05, 0) is 31.8 Å². The van der Waals surface area contributed by atoms with E-state index in [1.165, 1.54) is 0 Å². The van der Waals surface area contributed by atoms with Crippen molar-refractivity contribution in [2.24, 2.45) is 5.92 Å². The lowest BCUT2D eigenvalue weighted by Crippen LogP contribution is -2.12. The molecular formula is C11H16F3N3. The van der Waals surface area contributed by atoms with E-state index in [4.69, 9.17) is 0 Å². The number of aromatic amines is 1. The average molecular weight is 247 g/mol. The highest BCUT2D eigenvalue weighted by Crippen LogP contribution is 2.31. The summed E-state index contributed by atoms with van der Waals surface area (Å²) < 4.78 is 38.0. The van der Waals surface area contributed by atoms with Gasteiger partial charge in [-0.1, -0.05) is 6.92 Å². The molecule has 0 spiro atoms. The zero-order valence-electron chi connectivity index (χ0n) is 9.69. The van der Waals surface area contributed by atoms with Gasteiger partial charge in [-0.2, -0.15) is 13.2 Å². The lowest BCUT2D eigenvalue weighted by molar-refractivity contribution is -0.141. The van der Waals surface area contributed by atoms with Crippen LogP contribution in [0.25, 0.3) is 0 Å². The lowest BCUT2D eigenvalue weighted by Gasteiger charge is -2.04. The second-order valence-electron chi connectivity index (χ2n) is 4.42. The first kappa shape index (κ1) is 12.4. The lowest BCUT2D eigenvalue weighted by atomic mass is 10.1. The number of aromatic nitrogens is 2. The van der Waals surface area contributed by atoms with E-state index in [-0.39, 0.29) is 5.69 Å². The Labute approximate surface area is 97.8 Å². The van der Waals surface area contributed by atoms with Gasteiger partial charge < -0.3 is 10.3 Å². The predicted octanol–water partition coefficient (Wildman–Crippen LogP) is 2.14. The van der Waals surface area contributed by atoms with Gasteiger partial charge in [-0.25, -0.2) is 4.98 Å². The van der Waals surface area contributed by atoms with Gasteiger partial charge in [-0.3, -0.25) is 0 Å². The summed E-state index contributed by atoms with van der Waals surface area (Å²) in [7, 11) is 0. The number of imidazole rings is 1. The first-order valence-electron chi connectivity index (χ1n) is 5.86. The molecule has 1 saturated heterocycles. The van der Waals surface area contributed by atoms with Crippen molar-refractivity contribution in [3.63, 3.8) is 0 Å². The Kier molecular flexibility index (Phi) is 3.42. The molecule has 6 heteroatoms. The monoisotopic (exact) mass is 247 g/mol. The molecule has 1 aromatic heterocycles. The van der Waals surface area contributed by atoms with Gasteiger partial charge in [0.15, 0.2) is 5.69 Å². The summed E-state index contributed by atoms with van der Waals surface area (Å²) in [5.41, 5.74) is -0.556. The highest BCUT2D eigenvalue weighted by atomic mass is 19.4. The van der Waals surface area contributed by atoms with Crippen molar-refractivity contribution in [2.75, 3.05) is 13.1 Å². The molecule has 0 aliphatic carbocycles. The van der Waals surface area contributed by atoms with Crippen molar-refractivity contribution in [3.05, 3.63) is 17.2 Å². The van der Waals surface area contributed by atoms with Crippen LogP contribution in [0.15, 0.2) is 0 Å². The van der Waals surface area contributed by atoms with E-state index in [2.05, 4.69) is 15.3 Å². The molecule has 1 aliphatic heterocycles. The van der Waals surface area contributed by atoms with Crippen molar-refractivity contribution >= 4 is 0 Å². The highest BCUT2D eigenvalue weighted by molar-refractivity contribution is 5.18. The number of H-pyrrole nitrogens is 1. The number of halogens is 3. The molecular weight excluding hydrogens is 231 g/mol.